The number of aryl methyl sites for hydroxylation is 2. The van der Waals surface area contributed by atoms with Crippen LogP contribution in [0.3, 0.4) is 0 Å². The minimum absolute atomic E-state index is 0.667. The van der Waals surface area contributed by atoms with Gasteiger partial charge in [-0.05, 0) is 37.6 Å². The molecule has 0 bridgehead atoms. The molecule has 3 heteroatoms. The molecule has 80 valence electrons. The van der Waals surface area contributed by atoms with E-state index in [2.05, 4.69) is 30.7 Å². The molecule has 15 heavy (non-hydrogen) atoms. The molecule has 0 aliphatic rings. The standard InChI is InChI=1S/C12H15ClN2/c1-8-3-4-11(13)10-7-9(5-6-14)15(2)12(8)10/h3-4,7H,5-6,14H2,1-2H3. The molecule has 0 atom stereocenters. The fourth-order valence-corrected chi connectivity index (χ4v) is 2.28. The van der Waals surface area contributed by atoms with Crippen LogP contribution in [-0.2, 0) is 13.5 Å². The van der Waals surface area contributed by atoms with E-state index in [1.165, 1.54) is 16.8 Å². The maximum Gasteiger partial charge on any atom is 0.0524 e. The van der Waals surface area contributed by atoms with Crippen molar-refractivity contribution in [1.82, 2.24) is 4.57 Å². The zero-order chi connectivity index (χ0) is 11.0. The van der Waals surface area contributed by atoms with Gasteiger partial charge >= 0.3 is 0 Å². The molecule has 2 nitrogen and oxygen atoms in total. The van der Waals surface area contributed by atoms with E-state index < -0.39 is 0 Å². The second kappa shape index (κ2) is 3.87. The second-order valence-corrected chi connectivity index (χ2v) is 4.27. The average molecular weight is 223 g/mol. The maximum absolute atomic E-state index is 6.17. The van der Waals surface area contributed by atoms with Gasteiger partial charge in [-0.25, -0.2) is 0 Å². The van der Waals surface area contributed by atoms with Crippen molar-refractivity contribution in [2.45, 2.75) is 13.3 Å². The van der Waals surface area contributed by atoms with Gasteiger partial charge in [0.15, 0.2) is 0 Å². The highest BCUT2D eigenvalue weighted by Crippen LogP contribution is 2.28. The number of hydrogen-bond donors (Lipinski definition) is 1. The van der Waals surface area contributed by atoms with Crippen molar-refractivity contribution in [3.8, 4) is 0 Å². The number of fused-ring (bicyclic) bond motifs is 1. The van der Waals surface area contributed by atoms with E-state index in [0.29, 0.717) is 6.54 Å². The summed E-state index contributed by atoms with van der Waals surface area (Å²) in [5.41, 5.74) is 9.28. The summed E-state index contributed by atoms with van der Waals surface area (Å²) in [7, 11) is 2.07. The largest absolute Gasteiger partial charge is 0.347 e. The van der Waals surface area contributed by atoms with Crippen molar-refractivity contribution in [2.24, 2.45) is 12.8 Å². The number of nitrogens with two attached hydrogens (primary N) is 1. The molecule has 2 N–H and O–H groups in total. The van der Waals surface area contributed by atoms with Crippen molar-refractivity contribution in [3.05, 3.63) is 34.5 Å². The summed E-state index contributed by atoms with van der Waals surface area (Å²) in [5, 5.41) is 1.94. The van der Waals surface area contributed by atoms with Crippen LogP contribution in [0.25, 0.3) is 10.9 Å². The normalized spacial score (nSPS) is 11.2. The Morgan fingerprint density at radius 3 is 2.73 bits per heavy atom. The van der Waals surface area contributed by atoms with Crippen LogP contribution in [-0.4, -0.2) is 11.1 Å². The van der Waals surface area contributed by atoms with Crippen LogP contribution in [0.4, 0.5) is 0 Å². The van der Waals surface area contributed by atoms with E-state index >= 15 is 0 Å². The lowest BCUT2D eigenvalue weighted by Crippen LogP contribution is -2.06. The third-order valence-electron chi connectivity index (χ3n) is 2.84. The van der Waals surface area contributed by atoms with Crippen molar-refractivity contribution in [3.63, 3.8) is 0 Å². The van der Waals surface area contributed by atoms with E-state index in [4.69, 9.17) is 17.3 Å². The summed E-state index contributed by atoms with van der Waals surface area (Å²) < 4.78 is 2.18. The van der Waals surface area contributed by atoms with Crippen LogP contribution in [0.15, 0.2) is 18.2 Å². The molecular weight excluding hydrogens is 208 g/mol. The first-order valence-corrected chi connectivity index (χ1v) is 5.46. The van der Waals surface area contributed by atoms with Gasteiger partial charge in [0.25, 0.3) is 0 Å². The number of benzene rings is 1. The number of aromatic nitrogens is 1. The quantitative estimate of drug-likeness (QED) is 0.832. The second-order valence-electron chi connectivity index (χ2n) is 3.86. The van der Waals surface area contributed by atoms with Gasteiger partial charge in [-0.15, -0.1) is 0 Å². The molecule has 0 saturated heterocycles. The predicted molar refractivity (Wildman–Crippen MR) is 65.4 cm³/mol. The van der Waals surface area contributed by atoms with Crippen molar-refractivity contribution >= 4 is 22.5 Å². The van der Waals surface area contributed by atoms with E-state index in [9.17, 15) is 0 Å². The van der Waals surface area contributed by atoms with E-state index in [1.807, 2.05) is 6.07 Å². The molecule has 0 fully saturated rings. The molecule has 2 aromatic rings. The summed E-state index contributed by atoms with van der Waals surface area (Å²) in [5.74, 6) is 0. The summed E-state index contributed by atoms with van der Waals surface area (Å²) in [6.45, 7) is 2.77. The van der Waals surface area contributed by atoms with Gasteiger partial charge < -0.3 is 10.3 Å². The fourth-order valence-electron chi connectivity index (χ4n) is 2.07. The Morgan fingerprint density at radius 1 is 1.40 bits per heavy atom. The zero-order valence-corrected chi connectivity index (χ0v) is 9.80. The molecular formula is C12H15ClN2. The minimum Gasteiger partial charge on any atom is -0.347 e. The highest BCUT2D eigenvalue weighted by Gasteiger charge is 2.09. The molecule has 1 heterocycles. The molecule has 0 spiro atoms. The lowest BCUT2D eigenvalue weighted by molar-refractivity contribution is 0.826. The molecule has 1 aromatic heterocycles. The Morgan fingerprint density at radius 2 is 2.13 bits per heavy atom. The molecule has 0 amide bonds. The summed E-state index contributed by atoms with van der Waals surface area (Å²) in [6, 6.07) is 6.14. The van der Waals surface area contributed by atoms with Crippen molar-refractivity contribution in [2.75, 3.05) is 6.54 Å². The topological polar surface area (TPSA) is 30.9 Å². The van der Waals surface area contributed by atoms with Gasteiger partial charge in [0.2, 0.25) is 0 Å². The zero-order valence-electron chi connectivity index (χ0n) is 9.05. The van der Waals surface area contributed by atoms with Crippen LogP contribution in [0, 0.1) is 6.92 Å². The summed E-state index contributed by atoms with van der Waals surface area (Å²) >= 11 is 6.17. The summed E-state index contributed by atoms with van der Waals surface area (Å²) in [6.07, 6.45) is 0.890. The van der Waals surface area contributed by atoms with E-state index in [1.54, 1.807) is 0 Å². The highest BCUT2D eigenvalue weighted by atomic mass is 35.5. The SMILES string of the molecule is Cc1ccc(Cl)c2cc(CCN)n(C)c12. The Hall–Kier alpha value is -0.990. The van der Waals surface area contributed by atoms with Gasteiger partial charge in [-0.3, -0.25) is 0 Å². The molecule has 0 aliphatic heterocycles. The smallest absolute Gasteiger partial charge is 0.0524 e. The van der Waals surface area contributed by atoms with Gasteiger partial charge in [-0.1, -0.05) is 17.7 Å². The maximum atomic E-state index is 6.17. The highest BCUT2D eigenvalue weighted by molar-refractivity contribution is 6.35. The van der Waals surface area contributed by atoms with Crippen molar-refractivity contribution in [1.29, 1.82) is 0 Å². The lowest BCUT2D eigenvalue weighted by atomic mass is 10.1. The molecule has 0 aliphatic carbocycles. The van der Waals surface area contributed by atoms with Crippen molar-refractivity contribution < 1.29 is 0 Å². The lowest BCUT2D eigenvalue weighted by Gasteiger charge is -2.04. The Bertz CT molecular complexity index is 500. The Balaban J connectivity index is 2.75. The van der Waals surface area contributed by atoms with E-state index in [0.717, 1.165) is 16.8 Å². The van der Waals surface area contributed by atoms with Gasteiger partial charge in [0.05, 0.1) is 5.52 Å². The molecule has 1 aromatic carbocycles. The summed E-state index contributed by atoms with van der Waals surface area (Å²) in [4.78, 5) is 0. The molecule has 0 unspecified atom stereocenters. The van der Waals surface area contributed by atoms with Crippen LogP contribution < -0.4 is 5.73 Å². The third kappa shape index (κ3) is 1.64. The first-order chi connectivity index (χ1) is 7.15. The van der Waals surface area contributed by atoms with Crippen LogP contribution in [0.5, 0.6) is 0 Å². The van der Waals surface area contributed by atoms with Gasteiger partial charge in [0, 0.05) is 23.2 Å². The third-order valence-corrected chi connectivity index (χ3v) is 3.17. The Kier molecular flexibility index (Phi) is 2.72. The average Bonchev–Trinajstić information content (AvgIpc) is 2.53. The molecule has 0 saturated carbocycles. The number of rotatable bonds is 2. The fraction of sp³-hybridized carbons (Fsp3) is 0.333. The Labute approximate surface area is 94.6 Å². The van der Waals surface area contributed by atoms with Crippen LogP contribution in [0.1, 0.15) is 11.3 Å². The van der Waals surface area contributed by atoms with Gasteiger partial charge in [-0.2, -0.15) is 0 Å². The number of nitrogens with zero attached hydrogens (tertiary/aromatic N) is 1. The molecule has 0 radical (unpaired) electrons. The number of hydrogen-bond acceptors (Lipinski definition) is 1. The number of halogens is 1. The van der Waals surface area contributed by atoms with Crippen LogP contribution >= 0.6 is 11.6 Å². The van der Waals surface area contributed by atoms with Crippen LogP contribution in [0.2, 0.25) is 5.02 Å². The first-order valence-electron chi connectivity index (χ1n) is 5.08. The monoisotopic (exact) mass is 222 g/mol. The predicted octanol–water partition coefficient (Wildman–Crippen LogP) is 2.64. The molecule has 2 rings (SSSR count). The van der Waals surface area contributed by atoms with E-state index in [-0.39, 0.29) is 0 Å². The first kappa shape index (κ1) is 10.5. The van der Waals surface area contributed by atoms with Gasteiger partial charge in [0.1, 0.15) is 0 Å². The minimum atomic E-state index is 0.667.